The van der Waals surface area contributed by atoms with Crippen LogP contribution in [0.3, 0.4) is 0 Å². The van der Waals surface area contributed by atoms with Crippen LogP contribution in [0.5, 0.6) is 0 Å². The zero-order valence-corrected chi connectivity index (χ0v) is 11.1. The molecule has 1 aromatic heterocycles. The van der Waals surface area contributed by atoms with E-state index in [1.54, 1.807) is 11.5 Å². The van der Waals surface area contributed by atoms with Crippen molar-refractivity contribution in [1.29, 1.82) is 0 Å². The lowest BCUT2D eigenvalue weighted by molar-refractivity contribution is -0.136. The number of aliphatic carboxylic acids is 1. The maximum Gasteiger partial charge on any atom is 0.303 e. The van der Waals surface area contributed by atoms with Crippen LogP contribution in [0.25, 0.3) is 5.69 Å². The Morgan fingerprint density at radius 1 is 1.40 bits per heavy atom. The van der Waals surface area contributed by atoms with Crippen LogP contribution < -0.4 is 5.56 Å². The number of carboxylic acids is 1. The van der Waals surface area contributed by atoms with Crippen LogP contribution in [0, 0.1) is 6.92 Å². The summed E-state index contributed by atoms with van der Waals surface area (Å²) in [6, 6.07) is 7.70. The third-order valence-electron chi connectivity index (χ3n) is 3.62. The molecule has 1 aliphatic rings. The lowest BCUT2D eigenvalue weighted by Crippen LogP contribution is -2.26. The number of para-hydroxylation sites is 1. The minimum Gasteiger partial charge on any atom is -0.481 e. The molecular weight excluding hydrogens is 256 g/mol. The molecule has 0 spiro atoms. The summed E-state index contributed by atoms with van der Waals surface area (Å²) in [5.74, 6) is -0.178. The van der Waals surface area contributed by atoms with Crippen molar-refractivity contribution in [1.82, 2.24) is 9.55 Å². The Morgan fingerprint density at radius 2 is 2.15 bits per heavy atom. The number of aryl methyl sites for hydroxylation is 1. The molecule has 0 radical (unpaired) electrons. The van der Waals surface area contributed by atoms with Crippen molar-refractivity contribution in [2.45, 2.75) is 26.2 Å². The molecule has 0 fully saturated rings. The Balaban J connectivity index is 2.14. The molecule has 3 rings (SSSR count). The summed E-state index contributed by atoms with van der Waals surface area (Å²) in [4.78, 5) is 27.8. The quantitative estimate of drug-likeness (QED) is 0.782. The zero-order valence-electron chi connectivity index (χ0n) is 11.1. The molecule has 20 heavy (non-hydrogen) atoms. The molecule has 0 unspecified atom stereocenters. The number of carboxylic acid groups (broad SMARTS) is 1. The van der Waals surface area contributed by atoms with Gasteiger partial charge in [-0.3, -0.25) is 14.2 Å². The molecule has 5 nitrogen and oxygen atoms in total. The fourth-order valence-electron chi connectivity index (χ4n) is 2.65. The maximum atomic E-state index is 12.6. The Labute approximate surface area is 115 Å². The lowest BCUT2D eigenvalue weighted by Gasteiger charge is -2.09. The predicted molar refractivity (Wildman–Crippen MR) is 73.3 cm³/mol. The highest BCUT2D eigenvalue weighted by Crippen LogP contribution is 2.24. The number of nitrogens with zero attached hydrogens (tertiary/aromatic N) is 2. The second-order valence-electron chi connectivity index (χ2n) is 4.93. The van der Waals surface area contributed by atoms with Crippen molar-refractivity contribution in [3.63, 3.8) is 0 Å². The van der Waals surface area contributed by atoms with Gasteiger partial charge < -0.3 is 5.11 Å². The van der Waals surface area contributed by atoms with Gasteiger partial charge in [0, 0.05) is 24.1 Å². The molecule has 1 N–H and O–H groups in total. The van der Waals surface area contributed by atoms with Gasteiger partial charge >= 0.3 is 5.97 Å². The highest BCUT2D eigenvalue weighted by molar-refractivity contribution is 5.67. The normalized spacial score (nSPS) is 12.1. The fraction of sp³-hybridized carbons (Fsp3) is 0.267. The highest BCUT2D eigenvalue weighted by atomic mass is 16.4. The van der Waals surface area contributed by atoms with Gasteiger partial charge in [0.05, 0.1) is 5.69 Å². The predicted octanol–water partition coefficient (Wildman–Crippen LogP) is 1.46. The monoisotopic (exact) mass is 270 g/mol. The van der Waals surface area contributed by atoms with Gasteiger partial charge in [-0.25, -0.2) is 4.98 Å². The molecule has 0 aliphatic carbocycles. The molecule has 0 saturated heterocycles. The summed E-state index contributed by atoms with van der Waals surface area (Å²) in [5, 5.41) is 8.78. The molecule has 1 aromatic carbocycles. The number of carbonyl (C=O) groups is 1. The summed E-state index contributed by atoms with van der Waals surface area (Å²) < 4.78 is 1.61. The molecule has 0 saturated carbocycles. The highest BCUT2D eigenvalue weighted by Gasteiger charge is 2.23. The van der Waals surface area contributed by atoms with Crippen LogP contribution in [-0.2, 0) is 17.6 Å². The topological polar surface area (TPSA) is 72.2 Å². The first-order valence-corrected chi connectivity index (χ1v) is 6.49. The Morgan fingerprint density at radius 3 is 2.90 bits per heavy atom. The second-order valence-corrected chi connectivity index (χ2v) is 4.93. The molecule has 1 aliphatic heterocycles. The lowest BCUT2D eigenvalue weighted by atomic mass is 10.1. The minimum absolute atomic E-state index is 0.0568. The number of benzene rings is 1. The van der Waals surface area contributed by atoms with E-state index in [0.29, 0.717) is 17.7 Å². The van der Waals surface area contributed by atoms with Gasteiger partial charge in [0.1, 0.15) is 5.82 Å². The van der Waals surface area contributed by atoms with Crippen LogP contribution in [0.1, 0.15) is 29.1 Å². The largest absolute Gasteiger partial charge is 0.481 e. The number of hydrogen-bond acceptors (Lipinski definition) is 3. The summed E-state index contributed by atoms with van der Waals surface area (Å²) in [5.41, 5.74) is 2.92. The van der Waals surface area contributed by atoms with Crippen LogP contribution in [0.2, 0.25) is 0 Å². The molecule has 2 aromatic rings. The number of hydrogen-bond donors (Lipinski definition) is 1. The average molecular weight is 270 g/mol. The molecule has 0 bridgehead atoms. The van der Waals surface area contributed by atoms with Crippen LogP contribution >= 0.6 is 0 Å². The number of rotatable bonds is 3. The molecule has 0 atom stereocenters. The third-order valence-corrected chi connectivity index (χ3v) is 3.62. The van der Waals surface area contributed by atoms with E-state index in [-0.39, 0.29) is 18.4 Å². The Hall–Kier alpha value is -2.43. The van der Waals surface area contributed by atoms with Gasteiger partial charge in [0.2, 0.25) is 0 Å². The van der Waals surface area contributed by atoms with Crippen molar-refractivity contribution in [2.24, 2.45) is 0 Å². The van der Waals surface area contributed by atoms with E-state index in [4.69, 9.17) is 5.11 Å². The zero-order chi connectivity index (χ0) is 14.3. The van der Waals surface area contributed by atoms with Crippen molar-refractivity contribution < 1.29 is 9.90 Å². The fourth-order valence-corrected chi connectivity index (χ4v) is 2.65. The molecule has 0 amide bonds. The van der Waals surface area contributed by atoms with Gasteiger partial charge in [-0.2, -0.15) is 0 Å². The number of aromatic nitrogens is 2. The van der Waals surface area contributed by atoms with Crippen LogP contribution in [0.4, 0.5) is 0 Å². The summed E-state index contributed by atoms with van der Waals surface area (Å²) >= 11 is 0. The van der Waals surface area contributed by atoms with E-state index in [1.807, 2.05) is 24.3 Å². The standard InChI is InChI=1S/C15H14N2O3/c1-9-11(6-7-14(18)19)15(20)17-12-5-3-2-4-10(12)8-13(17)16-9/h2-5H,6-8H2,1H3,(H,18,19). The van der Waals surface area contributed by atoms with E-state index in [9.17, 15) is 9.59 Å². The Kier molecular flexibility index (Phi) is 2.89. The van der Waals surface area contributed by atoms with Gasteiger partial charge in [-0.15, -0.1) is 0 Å². The maximum absolute atomic E-state index is 12.6. The summed E-state index contributed by atoms with van der Waals surface area (Å²) in [6.45, 7) is 1.77. The first-order chi connectivity index (χ1) is 9.58. The minimum atomic E-state index is -0.908. The first kappa shape index (κ1) is 12.6. The van der Waals surface area contributed by atoms with Crippen molar-refractivity contribution in [3.05, 3.63) is 57.3 Å². The van der Waals surface area contributed by atoms with E-state index >= 15 is 0 Å². The van der Waals surface area contributed by atoms with E-state index in [2.05, 4.69) is 4.98 Å². The number of fused-ring (bicyclic) bond motifs is 3. The van der Waals surface area contributed by atoms with Crippen molar-refractivity contribution in [3.8, 4) is 5.69 Å². The molecule has 2 heterocycles. The van der Waals surface area contributed by atoms with Crippen LogP contribution in [0.15, 0.2) is 29.1 Å². The van der Waals surface area contributed by atoms with E-state index in [0.717, 1.165) is 17.1 Å². The first-order valence-electron chi connectivity index (χ1n) is 6.49. The summed E-state index contributed by atoms with van der Waals surface area (Å²) in [6.07, 6.45) is 0.805. The average Bonchev–Trinajstić information content (AvgIpc) is 2.75. The van der Waals surface area contributed by atoms with Gasteiger partial charge in [-0.1, -0.05) is 18.2 Å². The Bertz CT molecular complexity index is 762. The van der Waals surface area contributed by atoms with Crippen molar-refractivity contribution in [2.75, 3.05) is 0 Å². The molecular formula is C15H14N2O3. The second kappa shape index (κ2) is 4.59. The van der Waals surface area contributed by atoms with E-state index in [1.165, 1.54) is 0 Å². The van der Waals surface area contributed by atoms with Crippen LogP contribution in [-0.4, -0.2) is 20.6 Å². The third kappa shape index (κ3) is 1.91. The van der Waals surface area contributed by atoms with Gasteiger partial charge in [-0.05, 0) is 25.0 Å². The van der Waals surface area contributed by atoms with Gasteiger partial charge in [0.15, 0.2) is 0 Å². The van der Waals surface area contributed by atoms with Crippen molar-refractivity contribution >= 4 is 5.97 Å². The smallest absolute Gasteiger partial charge is 0.303 e. The SMILES string of the molecule is Cc1nc2n(c(=O)c1CCC(=O)O)-c1ccccc1C2. The molecule has 5 heteroatoms. The summed E-state index contributed by atoms with van der Waals surface area (Å²) in [7, 11) is 0. The molecule has 102 valence electrons. The van der Waals surface area contributed by atoms with Gasteiger partial charge in [0.25, 0.3) is 5.56 Å². The van der Waals surface area contributed by atoms with E-state index < -0.39 is 5.97 Å².